The van der Waals surface area contributed by atoms with Gasteiger partial charge in [-0.3, -0.25) is 5.32 Å². The van der Waals surface area contributed by atoms with Crippen molar-refractivity contribution >= 4 is 0 Å². The predicted molar refractivity (Wildman–Crippen MR) is 88.9 cm³/mol. The van der Waals surface area contributed by atoms with E-state index in [1.54, 1.807) is 0 Å². The standard InChI is InChI=1S/C17H36N2O/c1-4-5-6-7-8-9-10-11-12-14-17(20)18-15-13-16-19(2)3/h5-6,17-18,20H,4,7-16H2,1-3H3/b6-5+. The number of unbranched alkanes of at least 4 members (excludes halogenated alkanes) is 5. The molecule has 0 aliphatic carbocycles. The minimum atomic E-state index is -0.315. The van der Waals surface area contributed by atoms with Gasteiger partial charge in [-0.05, 0) is 65.7 Å². The normalized spacial score (nSPS) is 13.4. The third-order valence-electron chi connectivity index (χ3n) is 3.41. The molecule has 0 aliphatic heterocycles. The van der Waals surface area contributed by atoms with Crippen LogP contribution in [0.4, 0.5) is 0 Å². The number of aliphatic hydroxyl groups excluding tert-OH is 1. The van der Waals surface area contributed by atoms with Crippen LogP contribution in [0.3, 0.4) is 0 Å². The van der Waals surface area contributed by atoms with Crippen molar-refractivity contribution in [1.29, 1.82) is 0 Å². The van der Waals surface area contributed by atoms with Gasteiger partial charge in [-0.25, -0.2) is 0 Å². The molecule has 0 rings (SSSR count). The number of nitrogens with one attached hydrogen (secondary N) is 1. The van der Waals surface area contributed by atoms with Crippen LogP contribution < -0.4 is 5.32 Å². The van der Waals surface area contributed by atoms with Crippen molar-refractivity contribution in [2.45, 2.75) is 70.9 Å². The van der Waals surface area contributed by atoms with Crippen LogP contribution in [-0.4, -0.2) is 43.4 Å². The Kier molecular flexibility index (Phi) is 14.7. The van der Waals surface area contributed by atoms with E-state index in [1.165, 1.54) is 32.1 Å². The Bertz CT molecular complexity index is 217. The average Bonchev–Trinajstić information content (AvgIpc) is 2.41. The third-order valence-corrected chi connectivity index (χ3v) is 3.41. The third kappa shape index (κ3) is 15.7. The summed E-state index contributed by atoms with van der Waals surface area (Å²) in [7, 11) is 4.16. The lowest BCUT2D eigenvalue weighted by Gasteiger charge is -2.14. The Balaban J connectivity index is 3.19. The average molecular weight is 284 g/mol. The molecule has 0 aliphatic rings. The van der Waals surface area contributed by atoms with E-state index in [1.807, 2.05) is 0 Å². The summed E-state index contributed by atoms with van der Waals surface area (Å²) in [6.07, 6.45) is 14.9. The van der Waals surface area contributed by atoms with Crippen LogP contribution in [0, 0.1) is 0 Å². The highest BCUT2D eigenvalue weighted by Gasteiger charge is 2.02. The molecule has 1 unspecified atom stereocenters. The van der Waals surface area contributed by atoms with Crippen molar-refractivity contribution < 1.29 is 5.11 Å². The number of hydrogen-bond acceptors (Lipinski definition) is 3. The first kappa shape index (κ1) is 19.6. The van der Waals surface area contributed by atoms with Gasteiger partial charge < -0.3 is 10.0 Å². The smallest absolute Gasteiger partial charge is 0.104 e. The Morgan fingerprint density at radius 3 is 2.40 bits per heavy atom. The molecule has 0 saturated heterocycles. The van der Waals surface area contributed by atoms with Gasteiger partial charge >= 0.3 is 0 Å². The molecule has 0 amide bonds. The maximum Gasteiger partial charge on any atom is 0.104 e. The van der Waals surface area contributed by atoms with E-state index in [4.69, 9.17) is 0 Å². The Hall–Kier alpha value is -0.380. The van der Waals surface area contributed by atoms with E-state index in [0.29, 0.717) is 0 Å². The van der Waals surface area contributed by atoms with Gasteiger partial charge in [0.05, 0.1) is 0 Å². The van der Waals surface area contributed by atoms with Gasteiger partial charge in [-0.15, -0.1) is 0 Å². The molecule has 1 atom stereocenters. The highest BCUT2D eigenvalue weighted by atomic mass is 16.3. The summed E-state index contributed by atoms with van der Waals surface area (Å²) in [6, 6.07) is 0. The first-order valence-corrected chi connectivity index (χ1v) is 8.38. The van der Waals surface area contributed by atoms with Crippen LogP contribution in [-0.2, 0) is 0 Å². The molecule has 2 N–H and O–H groups in total. The number of rotatable bonds is 14. The van der Waals surface area contributed by atoms with E-state index in [9.17, 15) is 5.11 Å². The summed E-state index contributed by atoms with van der Waals surface area (Å²) < 4.78 is 0. The minimum Gasteiger partial charge on any atom is -0.379 e. The lowest BCUT2D eigenvalue weighted by Crippen LogP contribution is -2.31. The number of hydrogen-bond donors (Lipinski definition) is 2. The quantitative estimate of drug-likeness (QED) is 0.291. The Morgan fingerprint density at radius 1 is 1.00 bits per heavy atom. The molecule has 0 aromatic carbocycles. The molecule has 0 spiro atoms. The maximum absolute atomic E-state index is 9.78. The van der Waals surface area contributed by atoms with Crippen LogP contribution in [0.5, 0.6) is 0 Å². The zero-order valence-electron chi connectivity index (χ0n) is 13.9. The monoisotopic (exact) mass is 284 g/mol. The highest BCUT2D eigenvalue weighted by molar-refractivity contribution is 4.79. The summed E-state index contributed by atoms with van der Waals surface area (Å²) in [6.45, 7) is 4.16. The second kappa shape index (κ2) is 15.0. The van der Waals surface area contributed by atoms with E-state index >= 15 is 0 Å². The summed E-state index contributed by atoms with van der Waals surface area (Å²) in [4.78, 5) is 2.17. The van der Waals surface area contributed by atoms with Gasteiger partial charge in [0.15, 0.2) is 0 Å². The molecule has 3 nitrogen and oxygen atoms in total. The fourth-order valence-electron chi connectivity index (χ4n) is 2.18. The first-order chi connectivity index (χ1) is 9.66. The second-order valence-electron chi connectivity index (χ2n) is 5.85. The highest BCUT2D eigenvalue weighted by Crippen LogP contribution is 2.08. The van der Waals surface area contributed by atoms with E-state index in [-0.39, 0.29) is 6.23 Å². The second-order valence-corrected chi connectivity index (χ2v) is 5.85. The summed E-state index contributed by atoms with van der Waals surface area (Å²) in [5, 5.41) is 13.0. The van der Waals surface area contributed by atoms with Crippen molar-refractivity contribution in [3.05, 3.63) is 12.2 Å². The molecule has 0 fully saturated rings. The van der Waals surface area contributed by atoms with Crippen LogP contribution in [0.1, 0.15) is 64.7 Å². The lowest BCUT2D eigenvalue weighted by atomic mass is 10.1. The largest absolute Gasteiger partial charge is 0.379 e. The fourth-order valence-corrected chi connectivity index (χ4v) is 2.18. The van der Waals surface area contributed by atoms with Gasteiger partial charge in [-0.1, -0.05) is 38.3 Å². The predicted octanol–water partition coefficient (Wildman–Crippen LogP) is 3.54. The van der Waals surface area contributed by atoms with E-state index in [0.717, 1.165) is 38.8 Å². The molecule has 0 bridgehead atoms. The molecule has 20 heavy (non-hydrogen) atoms. The van der Waals surface area contributed by atoms with E-state index in [2.05, 4.69) is 43.4 Å². The summed E-state index contributed by atoms with van der Waals surface area (Å²) in [5.74, 6) is 0. The van der Waals surface area contributed by atoms with Crippen LogP contribution in [0.2, 0.25) is 0 Å². The van der Waals surface area contributed by atoms with Crippen molar-refractivity contribution in [3.63, 3.8) is 0 Å². The SMILES string of the molecule is CC/C=C/CCCCCCCC(O)NCCCN(C)C. The fraction of sp³-hybridized carbons (Fsp3) is 0.882. The van der Waals surface area contributed by atoms with Crippen LogP contribution in [0.15, 0.2) is 12.2 Å². The van der Waals surface area contributed by atoms with Gasteiger partial charge in [0.25, 0.3) is 0 Å². The molecule has 120 valence electrons. The number of aliphatic hydroxyl groups is 1. The van der Waals surface area contributed by atoms with Crippen molar-refractivity contribution in [1.82, 2.24) is 10.2 Å². The summed E-state index contributed by atoms with van der Waals surface area (Å²) >= 11 is 0. The van der Waals surface area contributed by atoms with Crippen molar-refractivity contribution in [2.24, 2.45) is 0 Å². The van der Waals surface area contributed by atoms with Gasteiger partial charge in [0.1, 0.15) is 6.23 Å². The molecular weight excluding hydrogens is 248 g/mol. The number of allylic oxidation sites excluding steroid dienone is 2. The molecule has 0 radical (unpaired) electrons. The molecular formula is C17H36N2O. The first-order valence-electron chi connectivity index (χ1n) is 8.38. The molecule has 0 aromatic heterocycles. The van der Waals surface area contributed by atoms with Crippen molar-refractivity contribution in [3.8, 4) is 0 Å². The zero-order valence-corrected chi connectivity index (χ0v) is 13.9. The van der Waals surface area contributed by atoms with Gasteiger partial charge in [-0.2, -0.15) is 0 Å². The van der Waals surface area contributed by atoms with E-state index < -0.39 is 0 Å². The van der Waals surface area contributed by atoms with Gasteiger partial charge in [0, 0.05) is 0 Å². The summed E-state index contributed by atoms with van der Waals surface area (Å²) in [5.41, 5.74) is 0. The number of nitrogens with zero attached hydrogens (tertiary/aromatic N) is 1. The molecule has 3 heteroatoms. The lowest BCUT2D eigenvalue weighted by molar-refractivity contribution is 0.123. The topological polar surface area (TPSA) is 35.5 Å². The maximum atomic E-state index is 9.78. The molecule has 0 heterocycles. The van der Waals surface area contributed by atoms with Gasteiger partial charge in [0.2, 0.25) is 0 Å². The Morgan fingerprint density at radius 2 is 1.70 bits per heavy atom. The molecule has 0 aromatic rings. The Labute approximate surface area is 126 Å². The van der Waals surface area contributed by atoms with Crippen LogP contribution in [0.25, 0.3) is 0 Å². The zero-order chi connectivity index (χ0) is 15.1. The molecule has 0 saturated carbocycles. The van der Waals surface area contributed by atoms with Crippen molar-refractivity contribution in [2.75, 3.05) is 27.2 Å². The minimum absolute atomic E-state index is 0.315. The van der Waals surface area contributed by atoms with Crippen LogP contribution >= 0.6 is 0 Å².